The highest BCUT2D eigenvalue weighted by Gasteiger charge is 2.48. The van der Waals surface area contributed by atoms with E-state index in [9.17, 15) is 5.11 Å². The van der Waals surface area contributed by atoms with Gasteiger partial charge < -0.3 is 9.84 Å². The van der Waals surface area contributed by atoms with Crippen molar-refractivity contribution < 1.29 is 9.84 Å². The molecule has 2 unspecified atom stereocenters. The SMILES string of the molecule is CC1(C)CCC2(CC(O)c3ccc(Br)cc3O2)C1. The number of aliphatic hydroxyl groups is 1. The van der Waals surface area contributed by atoms with Gasteiger partial charge in [-0.25, -0.2) is 0 Å². The summed E-state index contributed by atoms with van der Waals surface area (Å²) in [4.78, 5) is 0. The van der Waals surface area contributed by atoms with Crippen LogP contribution in [-0.4, -0.2) is 10.7 Å². The number of halogens is 1. The minimum Gasteiger partial charge on any atom is -0.487 e. The second kappa shape index (κ2) is 3.97. The van der Waals surface area contributed by atoms with Crippen LogP contribution in [0.3, 0.4) is 0 Å². The highest BCUT2D eigenvalue weighted by Crippen LogP contribution is 2.53. The standard InChI is InChI=1S/C15H19BrO2/c1-14(2)5-6-15(9-14)8-12(17)11-4-3-10(16)7-13(11)18-15/h3-4,7,12,17H,5-6,8-9H2,1-2H3. The zero-order valence-electron chi connectivity index (χ0n) is 10.9. The maximum atomic E-state index is 10.4. The first kappa shape index (κ1) is 12.5. The number of hydrogen-bond donors (Lipinski definition) is 1. The van der Waals surface area contributed by atoms with E-state index in [1.807, 2.05) is 18.2 Å². The molecule has 2 atom stereocenters. The Morgan fingerprint density at radius 3 is 2.78 bits per heavy atom. The summed E-state index contributed by atoms with van der Waals surface area (Å²) in [6.07, 6.45) is 3.58. The maximum Gasteiger partial charge on any atom is 0.127 e. The third kappa shape index (κ3) is 2.08. The van der Waals surface area contributed by atoms with E-state index in [-0.39, 0.29) is 5.60 Å². The molecule has 1 heterocycles. The second-order valence-electron chi connectivity index (χ2n) is 6.53. The number of hydrogen-bond acceptors (Lipinski definition) is 2. The van der Waals surface area contributed by atoms with Gasteiger partial charge in [-0.05, 0) is 36.8 Å². The number of aliphatic hydroxyl groups excluding tert-OH is 1. The van der Waals surface area contributed by atoms with Gasteiger partial charge in [-0.15, -0.1) is 0 Å². The lowest BCUT2D eigenvalue weighted by Gasteiger charge is -2.39. The van der Waals surface area contributed by atoms with Crippen LogP contribution in [0.2, 0.25) is 0 Å². The molecule has 1 N–H and O–H groups in total. The van der Waals surface area contributed by atoms with E-state index in [2.05, 4.69) is 29.8 Å². The fourth-order valence-electron chi connectivity index (χ4n) is 3.49. The quantitative estimate of drug-likeness (QED) is 0.777. The molecule has 0 amide bonds. The summed E-state index contributed by atoms with van der Waals surface area (Å²) in [5.41, 5.74) is 1.09. The van der Waals surface area contributed by atoms with Crippen molar-refractivity contribution >= 4 is 15.9 Å². The molecule has 1 fully saturated rings. The fourth-order valence-corrected chi connectivity index (χ4v) is 3.83. The van der Waals surface area contributed by atoms with E-state index < -0.39 is 6.10 Å². The Labute approximate surface area is 116 Å². The third-order valence-electron chi connectivity index (χ3n) is 4.28. The van der Waals surface area contributed by atoms with Crippen molar-refractivity contribution in [1.82, 2.24) is 0 Å². The summed E-state index contributed by atoms with van der Waals surface area (Å²) in [6, 6.07) is 5.89. The Balaban J connectivity index is 1.96. The lowest BCUT2D eigenvalue weighted by Crippen LogP contribution is -2.39. The van der Waals surface area contributed by atoms with Gasteiger partial charge in [0.2, 0.25) is 0 Å². The van der Waals surface area contributed by atoms with Gasteiger partial charge in [-0.3, -0.25) is 0 Å². The highest BCUT2D eigenvalue weighted by atomic mass is 79.9. The van der Waals surface area contributed by atoms with Crippen molar-refractivity contribution in [3.05, 3.63) is 28.2 Å². The van der Waals surface area contributed by atoms with Crippen LogP contribution in [0.15, 0.2) is 22.7 Å². The summed E-state index contributed by atoms with van der Waals surface area (Å²) in [7, 11) is 0. The first-order valence-corrected chi connectivity index (χ1v) is 7.35. The van der Waals surface area contributed by atoms with Crippen molar-refractivity contribution in [2.75, 3.05) is 0 Å². The molecule has 0 bridgehead atoms. The van der Waals surface area contributed by atoms with Gasteiger partial charge in [-0.2, -0.15) is 0 Å². The van der Waals surface area contributed by atoms with Gasteiger partial charge in [0.1, 0.15) is 11.4 Å². The van der Waals surface area contributed by atoms with Crippen molar-refractivity contribution in [2.24, 2.45) is 5.41 Å². The van der Waals surface area contributed by atoms with Gasteiger partial charge in [0.05, 0.1) is 6.10 Å². The minimum atomic E-state index is -0.393. The molecule has 2 aliphatic rings. The lowest BCUT2D eigenvalue weighted by molar-refractivity contribution is -0.0155. The summed E-state index contributed by atoms with van der Waals surface area (Å²) >= 11 is 3.47. The minimum absolute atomic E-state index is 0.156. The Bertz CT molecular complexity index is 483. The van der Waals surface area contributed by atoms with E-state index >= 15 is 0 Å². The van der Waals surface area contributed by atoms with Crippen molar-refractivity contribution in [1.29, 1.82) is 0 Å². The molecule has 0 saturated heterocycles. The van der Waals surface area contributed by atoms with Crippen molar-refractivity contribution in [3.8, 4) is 5.75 Å². The first-order chi connectivity index (χ1) is 8.39. The van der Waals surface area contributed by atoms with Crippen LogP contribution in [0, 0.1) is 5.41 Å². The van der Waals surface area contributed by atoms with Gasteiger partial charge in [0.15, 0.2) is 0 Å². The molecule has 1 aliphatic carbocycles. The van der Waals surface area contributed by atoms with E-state index in [4.69, 9.17) is 4.74 Å². The molecular weight excluding hydrogens is 292 g/mol. The molecule has 1 aromatic carbocycles. The van der Waals surface area contributed by atoms with Crippen LogP contribution in [0.1, 0.15) is 51.2 Å². The summed E-state index contributed by atoms with van der Waals surface area (Å²) < 4.78 is 7.28. The Morgan fingerprint density at radius 2 is 2.11 bits per heavy atom. The first-order valence-electron chi connectivity index (χ1n) is 6.56. The molecule has 1 saturated carbocycles. The second-order valence-corrected chi connectivity index (χ2v) is 7.44. The molecule has 0 aromatic heterocycles. The smallest absolute Gasteiger partial charge is 0.127 e. The van der Waals surface area contributed by atoms with Gasteiger partial charge >= 0.3 is 0 Å². The predicted octanol–water partition coefficient (Wildman–Crippen LogP) is 4.21. The van der Waals surface area contributed by atoms with E-state index in [0.717, 1.165) is 35.0 Å². The number of benzene rings is 1. The van der Waals surface area contributed by atoms with E-state index in [0.29, 0.717) is 5.41 Å². The van der Waals surface area contributed by atoms with Crippen LogP contribution in [0.4, 0.5) is 0 Å². The molecule has 98 valence electrons. The zero-order valence-corrected chi connectivity index (χ0v) is 12.5. The van der Waals surface area contributed by atoms with Crippen LogP contribution < -0.4 is 4.74 Å². The third-order valence-corrected chi connectivity index (χ3v) is 4.78. The Hall–Kier alpha value is -0.540. The number of rotatable bonds is 0. The fraction of sp³-hybridized carbons (Fsp3) is 0.600. The number of fused-ring (bicyclic) bond motifs is 1. The Morgan fingerprint density at radius 1 is 1.33 bits per heavy atom. The van der Waals surface area contributed by atoms with Crippen molar-refractivity contribution in [2.45, 2.75) is 51.2 Å². The van der Waals surface area contributed by atoms with Crippen molar-refractivity contribution in [3.63, 3.8) is 0 Å². The monoisotopic (exact) mass is 310 g/mol. The largest absolute Gasteiger partial charge is 0.487 e. The van der Waals surface area contributed by atoms with Crippen LogP contribution in [0.25, 0.3) is 0 Å². The molecule has 1 spiro atoms. The van der Waals surface area contributed by atoms with Crippen LogP contribution in [-0.2, 0) is 0 Å². The zero-order chi connectivity index (χ0) is 13.0. The van der Waals surface area contributed by atoms with Gasteiger partial charge in [0.25, 0.3) is 0 Å². The molecular formula is C15H19BrO2. The van der Waals surface area contributed by atoms with Crippen LogP contribution >= 0.6 is 15.9 Å². The molecule has 1 aromatic rings. The molecule has 0 radical (unpaired) electrons. The maximum absolute atomic E-state index is 10.4. The average molecular weight is 311 g/mol. The molecule has 2 nitrogen and oxygen atoms in total. The van der Waals surface area contributed by atoms with Crippen LogP contribution in [0.5, 0.6) is 5.75 Å². The molecule has 3 heteroatoms. The van der Waals surface area contributed by atoms with Gasteiger partial charge in [0, 0.05) is 16.5 Å². The molecule has 3 rings (SSSR count). The topological polar surface area (TPSA) is 29.5 Å². The molecule has 18 heavy (non-hydrogen) atoms. The molecule has 1 aliphatic heterocycles. The summed E-state index contributed by atoms with van der Waals surface area (Å²) in [5, 5.41) is 10.4. The Kier molecular flexibility index (Phi) is 2.76. The summed E-state index contributed by atoms with van der Waals surface area (Å²) in [6.45, 7) is 4.57. The summed E-state index contributed by atoms with van der Waals surface area (Å²) in [5.74, 6) is 0.848. The van der Waals surface area contributed by atoms with E-state index in [1.54, 1.807) is 0 Å². The lowest BCUT2D eigenvalue weighted by atomic mass is 9.83. The normalized spacial score (nSPS) is 33.2. The number of ether oxygens (including phenoxy) is 1. The van der Waals surface area contributed by atoms with E-state index in [1.165, 1.54) is 6.42 Å². The predicted molar refractivity (Wildman–Crippen MR) is 74.7 cm³/mol. The van der Waals surface area contributed by atoms with Gasteiger partial charge in [-0.1, -0.05) is 35.8 Å². The average Bonchev–Trinajstić information content (AvgIpc) is 2.53. The highest BCUT2D eigenvalue weighted by molar-refractivity contribution is 9.10.